The number of esters is 1. The number of ether oxygens (including phenoxy) is 1. The lowest BCUT2D eigenvalue weighted by Crippen LogP contribution is -2.16. The van der Waals surface area contributed by atoms with Crippen LogP contribution in [-0.2, 0) is 14.8 Å². The highest BCUT2D eigenvalue weighted by Crippen LogP contribution is 2.33. The van der Waals surface area contributed by atoms with Crippen LogP contribution in [0, 0.1) is 13.8 Å². The number of halogens is 1. The van der Waals surface area contributed by atoms with Crippen molar-refractivity contribution in [1.82, 2.24) is 0 Å². The number of carbonyl (C=O) groups is 2. The van der Waals surface area contributed by atoms with E-state index in [2.05, 4.69) is 10.0 Å². The number of aryl methyl sites for hydroxylation is 1. The van der Waals surface area contributed by atoms with Gasteiger partial charge in [0, 0.05) is 21.2 Å². The maximum absolute atomic E-state index is 12.8. The molecule has 0 unspecified atom stereocenters. The zero-order valence-electron chi connectivity index (χ0n) is 16.9. The third kappa shape index (κ3) is 5.07. The molecule has 0 fully saturated rings. The fourth-order valence-corrected chi connectivity index (χ4v) is 5.01. The molecule has 1 heterocycles. The maximum atomic E-state index is 12.8. The molecular formula is C21H19ClN2O5S2. The number of hydrogen-bond acceptors (Lipinski definition) is 6. The molecule has 0 atom stereocenters. The number of sulfonamides is 1. The van der Waals surface area contributed by atoms with Crippen LogP contribution >= 0.6 is 22.9 Å². The van der Waals surface area contributed by atoms with Gasteiger partial charge in [0.15, 0.2) is 0 Å². The van der Waals surface area contributed by atoms with Crippen molar-refractivity contribution in [2.75, 3.05) is 17.1 Å². The number of carbonyl (C=O) groups excluding carboxylic acids is 2. The Morgan fingerprint density at radius 2 is 1.74 bits per heavy atom. The third-order valence-electron chi connectivity index (χ3n) is 4.50. The molecule has 0 bridgehead atoms. The van der Waals surface area contributed by atoms with Crippen LogP contribution in [-0.4, -0.2) is 27.4 Å². The summed E-state index contributed by atoms with van der Waals surface area (Å²) < 4.78 is 32.4. The summed E-state index contributed by atoms with van der Waals surface area (Å²) in [4.78, 5) is 25.8. The predicted octanol–water partition coefficient (Wildman–Crippen LogP) is 4.86. The Morgan fingerprint density at radius 3 is 2.39 bits per heavy atom. The number of anilines is 2. The molecule has 10 heteroatoms. The minimum atomic E-state index is -3.85. The van der Waals surface area contributed by atoms with Crippen molar-refractivity contribution >= 4 is 55.5 Å². The Kier molecular flexibility index (Phi) is 6.68. The number of benzene rings is 2. The predicted molar refractivity (Wildman–Crippen MR) is 122 cm³/mol. The molecule has 0 saturated heterocycles. The number of amides is 1. The van der Waals surface area contributed by atoms with Crippen molar-refractivity contribution < 1.29 is 22.7 Å². The molecule has 1 amide bonds. The Hall–Kier alpha value is -2.88. The highest BCUT2D eigenvalue weighted by molar-refractivity contribution is 7.92. The Labute approximate surface area is 189 Å². The van der Waals surface area contributed by atoms with Gasteiger partial charge < -0.3 is 10.1 Å². The highest BCUT2D eigenvalue weighted by Gasteiger charge is 2.22. The molecule has 0 saturated carbocycles. The average molecular weight is 479 g/mol. The topological polar surface area (TPSA) is 102 Å². The molecular weight excluding hydrogens is 460 g/mol. The number of methoxy groups -OCH3 is 1. The average Bonchev–Trinajstić information content (AvgIpc) is 3.00. The van der Waals surface area contributed by atoms with Crippen LogP contribution in [0.3, 0.4) is 0 Å². The second-order valence-electron chi connectivity index (χ2n) is 6.57. The zero-order chi connectivity index (χ0) is 22.8. The summed E-state index contributed by atoms with van der Waals surface area (Å²) in [6.45, 7) is 3.62. The first-order valence-electron chi connectivity index (χ1n) is 9.00. The van der Waals surface area contributed by atoms with Crippen molar-refractivity contribution in [3.8, 4) is 0 Å². The standard InChI is InChI=1S/C21H19ClN2O5S2/c1-12-13(2)30-20(18(12)21(26)29-3)23-19(25)14-5-4-6-16(11-14)24-31(27,28)17-9-7-15(22)8-10-17/h4-11,24H,1-3H3,(H,23,25). The van der Waals surface area contributed by atoms with Gasteiger partial charge in [0.05, 0.1) is 17.6 Å². The van der Waals surface area contributed by atoms with Crippen LogP contribution in [0.1, 0.15) is 31.2 Å². The summed E-state index contributed by atoms with van der Waals surface area (Å²) >= 11 is 7.07. The van der Waals surface area contributed by atoms with Gasteiger partial charge in [0.1, 0.15) is 5.00 Å². The maximum Gasteiger partial charge on any atom is 0.341 e. The van der Waals surface area contributed by atoms with Gasteiger partial charge >= 0.3 is 5.97 Å². The monoisotopic (exact) mass is 478 g/mol. The first kappa shape index (κ1) is 22.8. The lowest BCUT2D eigenvalue weighted by Gasteiger charge is -2.10. The molecule has 1 aromatic heterocycles. The second-order valence-corrected chi connectivity index (χ2v) is 9.92. The van der Waals surface area contributed by atoms with E-state index in [9.17, 15) is 18.0 Å². The molecule has 2 aromatic carbocycles. The van der Waals surface area contributed by atoms with E-state index >= 15 is 0 Å². The normalized spacial score (nSPS) is 11.1. The molecule has 0 aliphatic heterocycles. The van der Waals surface area contributed by atoms with E-state index in [-0.39, 0.29) is 16.1 Å². The molecule has 3 aromatic rings. The largest absolute Gasteiger partial charge is 0.465 e. The number of rotatable bonds is 6. The van der Waals surface area contributed by atoms with Crippen molar-refractivity contribution in [3.63, 3.8) is 0 Å². The second kappa shape index (κ2) is 9.09. The van der Waals surface area contributed by atoms with E-state index in [0.717, 1.165) is 10.4 Å². The van der Waals surface area contributed by atoms with E-state index in [0.29, 0.717) is 15.6 Å². The van der Waals surface area contributed by atoms with Gasteiger partial charge in [-0.05, 0) is 61.9 Å². The van der Waals surface area contributed by atoms with Crippen LogP contribution in [0.25, 0.3) is 0 Å². The minimum absolute atomic E-state index is 0.0408. The molecule has 0 radical (unpaired) electrons. The first-order chi connectivity index (χ1) is 14.6. The van der Waals surface area contributed by atoms with E-state index in [4.69, 9.17) is 16.3 Å². The fraction of sp³-hybridized carbons (Fsp3) is 0.143. The molecule has 3 rings (SSSR count). The molecule has 31 heavy (non-hydrogen) atoms. The zero-order valence-corrected chi connectivity index (χ0v) is 19.2. The Balaban J connectivity index is 1.84. The van der Waals surface area contributed by atoms with Gasteiger partial charge in [-0.15, -0.1) is 11.3 Å². The minimum Gasteiger partial charge on any atom is -0.465 e. The summed E-state index contributed by atoms with van der Waals surface area (Å²) in [7, 11) is -2.58. The fourth-order valence-electron chi connectivity index (χ4n) is 2.79. The van der Waals surface area contributed by atoms with E-state index < -0.39 is 21.9 Å². The van der Waals surface area contributed by atoms with Crippen molar-refractivity contribution in [3.05, 3.63) is 75.1 Å². The van der Waals surface area contributed by atoms with Gasteiger partial charge in [-0.3, -0.25) is 9.52 Å². The Morgan fingerprint density at radius 1 is 1.06 bits per heavy atom. The first-order valence-corrected chi connectivity index (χ1v) is 11.7. The lowest BCUT2D eigenvalue weighted by atomic mass is 10.1. The highest BCUT2D eigenvalue weighted by atomic mass is 35.5. The summed E-state index contributed by atoms with van der Waals surface area (Å²) in [6, 6.07) is 11.8. The lowest BCUT2D eigenvalue weighted by molar-refractivity contribution is 0.0601. The van der Waals surface area contributed by atoms with Gasteiger partial charge in [0.25, 0.3) is 15.9 Å². The van der Waals surface area contributed by atoms with Crippen LogP contribution in [0.4, 0.5) is 10.7 Å². The molecule has 162 valence electrons. The summed E-state index contributed by atoms with van der Waals surface area (Å²) in [5.74, 6) is -1.03. The summed E-state index contributed by atoms with van der Waals surface area (Å²) in [5, 5.41) is 3.51. The van der Waals surface area contributed by atoms with Gasteiger partial charge in [-0.25, -0.2) is 13.2 Å². The molecule has 2 N–H and O–H groups in total. The number of nitrogens with one attached hydrogen (secondary N) is 2. The van der Waals surface area contributed by atoms with E-state index in [1.807, 2.05) is 6.92 Å². The van der Waals surface area contributed by atoms with Crippen molar-refractivity contribution in [2.24, 2.45) is 0 Å². The Bertz CT molecular complexity index is 1250. The van der Waals surface area contributed by atoms with Crippen LogP contribution in [0.2, 0.25) is 5.02 Å². The van der Waals surface area contributed by atoms with Crippen LogP contribution in [0.15, 0.2) is 53.4 Å². The molecule has 7 nitrogen and oxygen atoms in total. The molecule has 0 aliphatic rings. The van der Waals surface area contributed by atoms with Gasteiger partial charge in [-0.2, -0.15) is 0 Å². The quantitative estimate of drug-likeness (QED) is 0.493. The third-order valence-corrected chi connectivity index (χ3v) is 7.27. The smallest absolute Gasteiger partial charge is 0.341 e. The van der Waals surface area contributed by atoms with Gasteiger partial charge in [0.2, 0.25) is 0 Å². The number of thiophene rings is 1. The molecule has 0 aliphatic carbocycles. The van der Waals surface area contributed by atoms with E-state index in [1.165, 1.54) is 54.8 Å². The van der Waals surface area contributed by atoms with Crippen LogP contribution in [0.5, 0.6) is 0 Å². The summed E-state index contributed by atoms with van der Waals surface area (Å²) in [5.41, 5.74) is 1.47. The van der Waals surface area contributed by atoms with Crippen LogP contribution < -0.4 is 10.0 Å². The summed E-state index contributed by atoms with van der Waals surface area (Å²) in [6.07, 6.45) is 0. The SMILES string of the molecule is COC(=O)c1c(NC(=O)c2cccc(NS(=O)(=O)c3ccc(Cl)cc3)c2)sc(C)c1C. The molecule has 0 spiro atoms. The number of hydrogen-bond donors (Lipinski definition) is 2. The van der Waals surface area contributed by atoms with Gasteiger partial charge in [-0.1, -0.05) is 17.7 Å². The van der Waals surface area contributed by atoms with Crippen molar-refractivity contribution in [1.29, 1.82) is 0 Å². The van der Waals surface area contributed by atoms with Crippen molar-refractivity contribution in [2.45, 2.75) is 18.7 Å². The van der Waals surface area contributed by atoms with E-state index in [1.54, 1.807) is 19.1 Å².